The molecule has 2 aromatic rings. The number of urea groups is 1. The second kappa shape index (κ2) is 8.24. The van der Waals surface area contributed by atoms with Crippen LogP contribution in [0.2, 0.25) is 0 Å². The lowest BCUT2D eigenvalue weighted by Gasteiger charge is -2.17. The molecule has 0 aliphatic heterocycles. The molecule has 1 aromatic carbocycles. The Morgan fingerprint density at radius 3 is 2.67 bits per heavy atom. The molecule has 1 aromatic heterocycles. The zero-order valence-electron chi connectivity index (χ0n) is 15.0. The summed E-state index contributed by atoms with van der Waals surface area (Å²) in [6.07, 6.45) is 2.83. The molecular formula is C18H26N4OS. The van der Waals surface area contributed by atoms with E-state index in [9.17, 15) is 4.79 Å². The van der Waals surface area contributed by atoms with E-state index < -0.39 is 0 Å². The van der Waals surface area contributed by atoms with E-state index in [0.29, 0.717) is 6.54 Å². The van der Waals surface area contributed by atoms with E-state index in [0.717, 1.165) is 23.4 Å². The standard InChI is InChI=1S/C18H26N4OS/c1-12(16-8-6-7-9-17(16)24-5)20-18(23)19-11-10-15-13(2)21-22(4)14(15)3/h6-9,12H,10-11H2,1-5H3,(H2,19,20,23)/t12-/m0/s1. The Morgan fingerprint density at radius 1 is 1.33 bits per heavy atom. The topological polar surface area (TPSA) is 59.0 Å². The predicted molar refractivity (Wildman–Crippen MR) is 99.6 cm³/mol. The number of hydrogen-bond donors (Lipinski definition) is 2. The van der Waals surface area contributed by atoms with Crippen molar-refractivity contribution in [1.82, 2.24) is 20.4 Å². The van der Waals surface area contributed by atoms with Crippen molar-refractivity contribution in [3.8, 4) is 0 Å². The summed E-state index contributed by atoms with van der Waals surface area (Å²) in [5.74, 6) is 0. The Hall–Kier alpha value is -1.95. The fourth-order valence-corrected chi connectivity index (χ4v) is 3.53. The second-order valence-electron chi connectivity index (χ2n) is 5.89. The number of benzene rings is 1. The SMILES string of the molecule is CSc1ccccc1[C@H](C)NC(=O)NCCc1c(C)nn(C)c1C. The third-order valence-corrected chi connectivity index (χ3v) is 5.08. The Kier molecular flexibility index (Phi) is 6.31. The lowest BCUT2D eigenvalue weighted by Crippen LogP contribution is -2.38. The summed E-state index contributed by atoms with van der Waals surface area (Å²) in [6, 6.07) is 7.97. The summed E-state index contributed by atoms with van der Waals surface area (Å²) in [6.45, 7) is 6.65. The van der Waals surface area contributed by atoms with Gasteiger partial charge in [0.25, 0.3) is 0 Å². The van der Waals surface area contributed by atoms with E-state index in [4.69, 9.17) is 0 Å². The third-order valence-electron chi connectivity index (χ3n) is 4.27. The van der Waals surface area contributed by atoms with Crippen molar-refractivity contribution in [1.29, 1.82) is 0 Å². The normalized spacial score (nSPS) is 12.0. The van der Waals surface area contributed by atoms with Gasteiger partial charge in [-0.2, -0.15) is 5.10 Å². The van der Waals surface area contributed by atoms with Crippen molar-refractivity contribution in [2.45, 2.75) is 38.1 Å². The van der Waals surface area contributed by atoms with Crippen LogP contribution in [0.15, 0.2) is 29.2 Å². The van der Waals surface area contributed by atoms with Crippen LogP contribution in [0.25, 0.3) is 0 Å². The Morgan fingerprint density at radius 2 is 2.04 bits per heavy atom. The molecule has 1 heterocycles. The molecule has 6 heteroatoms. The van der Waals surface area contributed by atoms with Crippen LogP contribution in [-0.2, 0) is 13.5 Å². The molecule has 0 saturated heterocycles. The van der Waals surface area contributed by atoms with Gasteiger partial charge in [0.2, 0.25) is 0 Å². The van der Waals surface area contributed by atoms with Crippen molar-refractivity contribution < 1.29 is 4.79 Å². The zero-order valence-corrected chi connectivity index (χ0v) is 15.8. The number of rotatable bonds is 6. The van der Waals surface area contributed by atoms with Crippen LogP contribution in [0.3, 0.4) is 0 Å². The summed E-state index contributed by atoms with van der Waals surface area (Å²) >= 11 is 1.69. The van der Waals surface area contributed by atoms with Gasteiger partial charge in [0, 0.05) is 24.2 Å². The van der Waals surface area contributed by atoms with Crippen LogP contribution in [0.5, 0.6) is 0 Å². The van der Waals surface area contributed by atoms with E-state index in [1.54, 1.807) is 11.8 Å². The number of carbonyl (C=O) groups is 1. The Bertz CT molecular complexity index is 711. The number of thioether (sulfide) groups is 1. The fraction of sp³-hybridized carbons (Fsp3) is 0.444. The highest BCUT2D eigenvalue weighted by atomic mass is 32.2. The van der Waals surface area contributed by atoms with Gasteiger partial charge in [0.1, 0.15) is 0 Å². The summed E-state index contributed by atoms with van der Waals surface area (Å²) in [4.78, 5) is 13.3. The number of nitrogens with one attached hydrogen (secondary N) is 2. The van der Waals surface area contributed by atoms with Crippen LogP contribution < -0.4 is 10.6 Å². The molecule has 24 heavy (non-hydrogen) atoms. The highest BCUT2D eigenvalue weighted by Gasteiger charge is 2.13. The number of aryl methyl sites for hydroxylation is 2. The number of nitrogens with zero attached hydrogens (tertiary/aromatic N) is 2. The minimum atomic E-state index is -0.141. The molecule has 0 aliphatic rings. The molecule has 2 rings (SSSR count). The van der Waals surface area contributed by atoms with Crippen LogP contribution in [0.1, 0.15) is 35.5 Å². The maximum absolute atomic E-state index is 12.1. The molecule has 130 valence electrons. The summed E-state index contributed by atoms with van der Waals surface area (Å²) in [7, 11) is 1.94. The van der Waals surface area contributed by atoms with Gasteiger partial charge in [-0.05, 0) is 50.6 Å². The Labute approximate surface area is 148 Å². The smallest absolute Gasteiger partial charge is 0.315 e. The zero-order chi connectivity index (χ0) is 17.7. The average Bonchev–Trinajstić information content (AvgIpc) is 2.80. The van der Waals surface area contributed by atoms with Crippen molar-refractivity contribution in [2.75, 3.05) is 12.8 Å². The average molecular weight is 347 g/mol. The van der Waals surface area contributed by atoms with Crippen molar-refractivity contribution in [3.05, 3.63) is 46.8 Å². The van der Waals surface area contributed by atoms with Gasteiger partial charge in [-0.15, -0.1) is 11.8 Å². The first-order valence-corrected chi connectivity index (χ1v) is 9.32. The highest BCUT2D eigenvalue weighted by molar-refractivity contribution is 7.98. The minimum Gasteiger partial charge on any atom is -0.338 e. The third kappa shape index (κ3) is 4.32. The first-order valence-electron chi connectivity index (χ1n) is 8.10. The lowest BCUT2D eigenvalue weighted by atomic mass is 10.1. The van der Waals surface area contributed by atoms with E-state index in [2.05, 4.69) is 34.8 Å². The summed E-state index contributed by atoms with van der Waals surface area (Å²) in [5.41, 5.74) is 4.52. The van der Waals surface area contributed by atoms with Gasteiger partial charge in [-0.25, -0.2) is 4.79 Å². The lowest BCUT2D eigenvalue weighted by molar-refractivity contribution is 0.238. The molecule has 0 radical (unpaired) electrons. The van der Waals surface area contributed by atoms with Gasteiger partial charge < -0.3 is 10.6 Å². The largest absolute Gasteiger partial charge is 0.338 e. The molecule has 0 bridgehead atoms. The van der Waals surface area contributed by atoms with E-state index in [1.165, 1.54) is 10.5 Å². The van der Waals surface area contributed by atoms with Gasteiger partial charge >= 0.3 is 6.03 Å². The summed E-state index contributed by atoms with van der Waals surface area (Å²) < 4.78 is 1.88. The van der Waals surface area contributed by atoms with Crippen molar-refractivity contribution >= 4 is 17.8 Å². The van der Waals surface area contributed by atoms with E-state index in [-0.39, 0.29) is 12.1 Å². The van der Waals surface area contributed by atoms with Gasteiger partial charge in [0.15, 0.2) is 0 Å². The maximum atomic E-state index is 12.1. The molecule has 2 amide bonds. The van der Waals surface area contributed by atoms with Crippen LogP contribution in [0, 0.1) is 13.8 Å². The van der Waals surface area contributed by atoms with Crippen molar-refractivity contribution in [3.63, 3.8) is 0 Å². The van der Waals surface area contributed by atoms with E-state index >= 15 is 0 Å². The molecule has 0 saturated carbocycles. The molecule has 1 atom stereocenters. The molecule has 5 nitrogen and oxygen atoms in total. The van der Waals surface area contributed by atoms with Crippen LogP contribution in [-0.4, -0.2) is 28.6 Å². The second-order valence-corrected chi connectivity index (χ2v) is 6.73. The molecule has 0 aliphatic carbocycles. The van der Waals surface area contributed by atoms with E-state index in [1.807, 2.05) is 44.0 Å². The Balaban J connectivity index is 1.87. The quantitative estimate of drug-likeness (QED) is 0.789. The van der Waals surface area contributed by atoms with Crippen LogP contribution >= 0.6 is 11.8 Å². The highest BCUT2D eigenvalue weighted by Crippen LogP contribution is 2.25. The first-order chi connectivity index (χ1) is 11.4. The predicted octanol–water partition coefficient (Wildman–Crippen LogP) is 3.36. The summed E-state index contributed by atoms with van der Waals surface area (Å²) in [5, 5.41) is 10.3. The van der Waals surface area contributed by atoms with Gasteiger partial charge in [-0.3, -0.25) is 4.68 Å². The number of carbonyl (C=O) groups excluding carboxylic acids is 1. The minimum absolute atomic E-state index is 0.0319. The maximum Gasteiger partial charge on any atom is 0.315 e. The van der Waals surface area contributed by atoms with Gasteiger partial charge in [-0.1, -0.05) is 18.2 Å². The van der Waals surface area contributed by atoms with Crippen molar-refractivity contribution in [2.24, 2.45) is 7.05 Å². The molecule has 0 fully saturated rings. The molecule has 2 N–H and O–H groups in total. The number of hydrogen-bond acceptors (Lipinski definition) is 3. The monoisotopic (exact) mass is 346 g/mol. The molecule has 0 unspecified atom stereocenters. The fourth-order valence-electron chi connectivity index (χ4n) is 2.83. The van der Waals surface area contributed by atoms with Crippen LogP contribution in [0.4, 0.5) is 4.79 Å². The van der Waals surface area contributed by atoms with Gasteiger partial charge in [0.05, 0.1) is 11.7 Å². The first kappa shape index (κ1) is 18.4. The number of amides is 2. The molecule has 0 spiro atoms. The molecular weight excluding hydrogens is 320 g/mol. The number of aromatic nitrogens is 2.